The van der Waals surface area contributed by atoms with E-state index in [0.717, 1.165) is 44.6 Å². The lowest BCUT2D eigenvalue weighted by Gasteiger charge is -2.44. The number of amides is 1. The lowest BCUT2D eigenvalue weighted by Crippen LogP contribution is -2.60. The van der Waals surface area contributed by atoms with Crippen LogP contribution < -0.4 is 0 Å². The number of nitrogens with zero attached hydrogens (tertiary/aromatic N) is 2. The van der Waals surface area contributed by atoms with Crippen LogP contribution >= 0.6 is 0 Å². The monoisotopic (exact) mass is 320 g/mol. The van der Waals surface area contributed by atoms with Gasteiger partial charge in [0.15, 0.2) is 0 Å². The van der Waals surface area contributed by atoms with Crippen molar-refractivity contribution < 1.29 is 14.3 Å². The highest BCUT2D eigenvalue weighted by molar-refractivity contribution is 5.77. The number of halogens is 1. The van der Waals surface area contributed by atoms with Gasteiger partial charge in [-0.2, -0.15) is 0 Å². The van der Waals surface area contributed by atoms with E-state index in [9.17, 15) is 14.3 Å². The zero-order valence-corrected chi connectivity index (χ0v) is 13.6. The molecule has 1 aromatic carbocycles. The Morgan fingerprint density at radius 1 is 1.39 bits per heavy atom. The third-order valence-corrected chi connectivity index (χ3v) is 4.92. The summed E-state index contributed by atoms with van der Waals surface area (Å²) in [6.07, 6.45) is 1.87. The first-order valence-electron chi connectivity index (χ1n) is 8.45. The molecule has 0 aromatic heterocycles. The molecule has 1 N–H and O–H groups in total. The maximum atomic E-state index is 13.2. The summed E-state index contributed by atoms with van der Waals surface area (Å²) in [5, 5.41) is 9.57. The molecule has 0 spiro atoms. The Morgan fingerprint density at radius 3 is 2.83 bits per heavy atom. The molecule has 2 saturated heterocycles. The van der Waals surface area contributed by atoms with Crippen molar-refractivity contribution in [2.24, 2.45) is 5.92 Å². The fourth-order valence-electron chi connectivity index (χ4n) is 3.56. The molecule has 0 aliphatic carbocycles. The molecule has 0 bridgehead atoms. The van der Waals surface area contributed by atoms with Crippen molar-refractivity contribution in [3.8, 4) is 0 Å². The van der Waals surface area contributed by atoms with Crippen LogP contribution in [0.15, 0.2) is 24.3 Å². The Kier molecular flexibility index (Phi) is 4.97. The smallest absolute Gasteiger partial charge is 0.222 e. The second kappa shape index (κ2) is 6.97. The van der Waals surface area contributed by atoms with Gasteiger partial charge in [0.2, 0.25) is 5.91 Å². The molecule has 126 valence electrons. The second-order valence-electron chi connectivity index (χ2n) is 7.03. The van der Waals surface area contributed by atoms with E-state index in [-0.39, 0.29) is 23.7 Å². The summed E-state index contributed by atoms with van der Waals surface area (Å²) in [5.74, 6) is 0.168. The van der Waals surface area contributed by atoms with E-state index in [0.29, 0.717) is 12.5 Å². The molecule has 2 atom stereocenters. The van der Waals surface area contributed by atoms with Crippen molar-refractivity contribution in [2.75, 3.05) is 26.2 Å². The molecule has 1 aromatic rings. The van der Waals surface area contributed by atoms with Gasteiger partial charge in [0.25, 0.3) is 0 Å². The standard InChI is InChI=1S/C18H25FN2O2/c1-13(7-14-3-2-4-15(19)9-14)8-18(23)21-10-16(11-21)20-6-5-17(22)12-20/h2-4,9,13,16-17,22H,5-8,10-12H2,1H3. The maximum absolute atomic E-state index is 13.2. The number of carbonyl (C=O) groups excluding carboxylic acids is 1. The summed E-state index contributed by atoms with van der Waals surface area (Å²) in [7, 11) is 0. The average molecular weight is 320 g/mol. The Labute approximate surface area is 136 Å². The highest BCUT2D eigenvalue weighted by Crippen LogP contribution is 2.22. The number of benzene rings is 1. The normalized spacial score (nSPS) is 23.8. The summed E-state index contributed by atoms with van der Waals surface area (Å²) in [6.45, 7) is 5.26. The van der Waals surface area contributed by atoms with Gasteiger partial charge in [-0.1, -0.05) is 19.1 Å². The van der Waals surface area contributed by atoms with Crippen LogP contribution in [0.2, 0.25) is 0 Å². The molecule has 2 heterocycles. The molecular weight excluding hydrogens is 295 g/mol. The first kappa shape index (κ1) is 16.4. The quantitative estimate of drug-likeness (QED) is 0.897. The van der Waals surface area contributed by atoms with Gasteiger partial charge in [0.1, 0.15) is 5.82 Å². The molecule has 0 saturated carbocycles. The van der Waals surface area contributed by atoms with Crippen LogP contribution in [0.3, 0.4) is 0 Å². The minimum absolute atomic E-state index is 0.185. The van der Waals surface area contributed by atoms with Crippen LogP contribution in [0.4, 0.5) is 4.39 Å². The predicted octanol–water partition coefficient (Wildman–Crippen LogP) is 1.67. The molecule has 5 heteroatoms. The highest BCUT2D eigenvalue weighted by Gasteiger charge is 2.37. The van der Waals surface area contributed by atoms with Crippen molar-refractivity contribution >= 4 is 5.91 Å². The number of aliphatic hydroxyl groups is 1. The Bertz CT molecular complexity index is 560. The third-order valence-electron chi connectivity index (χ3n) is 4.92. The molecular formula is C18H25FN2O2. The van der Waals surface area contributed by atoms with Crippen LogP contribution in [0.1, 0.15) is 25.3 Å². The van der Waals surface area contributed by atoms with Gasteiger partial charge in [-0.15, -0.1) is 0 Å². The lowest BCUT2D eigenvalue weighted by atomic mass is 9.96. The van der Waals surface area contributed by atoms with Crippen molar-refractivity contribution in [1.82, 2.24) is 9.80 Å². The van der Waals surface area contributed by atoms with Crippen LogP contribution in [-0.4, -0.2) is 59.1 Å². The zero-order chi connectivity index (χ0) is 16.4. The summed E-state index contributed by atoms with van der Waals surface area (Å²) >= 11 is 0. The fourth-order valence-corrected chi connectivity index (χ4v) is 3.56. The van der Waals surface area contributed by atoms with E-state index in [4.69, 9.17) is 0 Å². The average Bonchev–Trinajstić information content (AvgIpc) is 2.83. The first-order chi connectivity index (χ1) is 11.0. The van der Waals surface area contributed by atoms with Gasteiger partial charge in [-0.05, 0) is 36.5 Å². The van der Waals surface area contributed by atoms with Gasteiger partial charge in [-0.25, -0.2) is 4.39 Å². The number of β-amino-alcohol motifs (C(OH)–C–C–N with tert-alkyl or cyclic N) is 1. The fraction of sp³-hybridized carbons (Fsp3) is 0.611. The van der Waals surface area contributed by atoms with E-state index in [1.54, 1.807) is 12.1 Å². The minimum Gasteiger partial charge on any atom is -0.392 e. The van der Waals surface area contributed by atoms with Gasteiger partial charge >= 0.3 is 0 Å². The van der Waals surface area contributed by atoms with Gasteiger partial charge in [0.05, 0.1) is 6.10 Å². The Hall–Kier alpha value is -1.46. The maximum Gasteiger partial charge on any atom is 0.222 e. The van der Waals surface area contributed by atoms with E-state index in [1.807, 2.05) is 17.9 Å². The largest absolute Gasteiger partial charge is 0.392 e. The van der Waals surface area contributed by atoms with E-state index in [1.165, 1.54) is 6.07 Å². The van der Waals surface area contributed by atoms with E-state index < -0.39 is 0 Å². The number of likely N-dealkylation sites (tertiary alicyclic amines) is 2. The van der Waals surface area contributed by atoms with Crippen molar-refractivity contribution in [1.29, 1.82) is 0 Å². The second-order valence-corrected chi connectivity index (χ2v) is 7.03. The molecule has 2 aliphatic rings. The van der Waals surface area contributed by atoms with E-state index >= 15 is 0 Å². The summed E-state index contributed by atoms with van der Waals surface area (Å²) in [5.41, 5.74) is 0.942. The van der Waals surface area contributed by atoms with Crippen LogP contribution in [0, 0.1) is 11.7 Å². The highest BCUT2D eigenvalue weighted by atomic mass is 19.1. The van der Waals surface area contributed by atoms with Crippen molar-refractivity contribution in [3.63, 3.8) is 0 Å². The van der Waals surface area contributed by atoms with Crippen molar-refractivity contribution in [3.05, 3.63) is 35.6 Å². The Balaban J connectivity index is 1.41. The molecule has 2 unspecified atom stereocenters. The summed E-state index contributed by atoms with van der Waals surface area (Å²) in [6, 6.07) is 7.01. The molecule has 1 amide bonds. The van der Waals surface area contributed by atoms with Crippen LogP contribution in [0.5, 0.6) is 0 Å². The summed E-state index contributed by atoms with van der Waals surface area (Å²) < 4.78 is 13.2. The Morgan fingerprint density at radius 2 is 2.17 bits per heavy atom. The molecule has 4 nitrogen and oxygen atoms in total. The number of hydrogen-bond donors (Lipinski definition) is 1. The zero-order valence-electron chi connectivity index (χ0n) is 13.6. The number of hydrogen-bond acceptors (Lipinski definition) is 3. The van der Waals surface area contributed by atoms with Gasteiger partial charge < -0.3 is 10.0 Å². The minimum atomic E-state index is -0.223. The molecule has 0 radical (unpaired) electrons. The first-order valence-corrected chi connectivity index (χ1v) is 8.45. The van der Waals surface area contributed by atoms with Crippen LogP contribution in [-0.2, 0) is 11.2 Å². The number of rotatable bonds is 5. The van der Waals surface area contributed by atoms with Gasteiger partial charge in [0, 0.05) is 38.6 Å². The number of aliphatic hydroxyl groups excluding tert-OH is 1. The lowest BCUT2D eigenvalue weighted by molar-refractivity contribution is -0.139. The van der Waals surface area contributed by atoms with E-state index in [2.05, 4.69) is 4.90 Å². The molecule has 3 rings (SSSR count). The topological polar surface area (TPSA) is 43.8 Å². The molecule has 23 heavy (non-hydrogen) atoms. The molecule has 2 aliphatic heterocycles. The van der Waals surface area contributed by atoms with Crippen molar-refractivity contribution in [2.45, 2.75) is 38.3 Å². The number of carbonyl (C=O) groups is 1. The van der Waals surface area contributed by atoms with Crippen LogP contribution in [0.25, 0.3) is 0 Å². The molecule has 2 fully saturated rings. The summed E-state index contributed by atoms with van der Waals surface area (Å²) in [4.78, 5) is 16.5. The van der Waals surface area contributed by atoms with Gasteiger partial charge in [-0.3, -0.25) is 9.69 Å². The third kappa shape index (κ3) is 4.09. The predicted molar refractivity (Wildman–Crippen MR) is 86.4 cm³/mol. The SMILES string of the molecule is CC(CC(=O)N1CC(N2CCC(O)C2)C1)Cc1cccc(F)c1.